The van der Waals surface area contributed by atoms with Crippen LogP contribution in [0, 0.1) is 0 Å². The van der Waals surface area contributed by atoms with E-state index in [-0.39, 0.29) is 12.4 Å². The molecule has 0 aliphatic heterocycles. The number of hydrogen-bond donors (Lipinski definition) is 1. The van der Waals surface area contributed by atoms with Gasteiger partial charge in [-0.15, -0.1) is 0 Å². The lowest BCUT2D eigenvalue weighted by molar-refractivity contribution is 0.156. The molecule has 21 heavy (non-hydrogen) atoms. The predicted octanol–water partition coefficient (Wildman–Crippen LogP) is 2.65. The summed E-state index contributed by atoms with van der Waals surface area (Å²) in [6.45, 7) is 5.21. The molecule has 1 aliphatic rings. The number of aliphatic hydroxyl groups is 1. The van der Waals surface area contributed by atoms with Crippen LogP contribution in [0.2, 0.25) is 0 Å². The van der Waals surface area contributed by atoms with E-state index < -0.39 is 20.7 Å². The van der Waals surface area contributed by atoms with Crippen molar-refractivity contribution in [1.82, 2.24) is 0 Å². The van der Waals surface area contributed by atoms with Crippen LogP contribution in [0.3, 0.4) is 0 Å². The van der Waals surface area contributed by atoms with Gasteiger partial charge in [0.15, 0.2) is 9.84 Å². The quantitative estimate of drug-likeness (QED) is 0.928. The van der Waals surface area contributed by atoms with E-state index in [0.29, 0.717) is 5.75 Å². The van der Waals surface area contributed by atoms with Crippen molar-refractivity contribution in [2.75, 3.05) is 12.4 Å². The van der Waals surface area contributed by atoms with E-state index in [1.54, 1.807) is 20.8 Å². The fraction of sp³-hybridized carbons (Fsp3) is 0.625. The first kappa shape index (κ1) is 16.3. The van der Waals surface area contributed by atoms with Crippen molar-refractivity contribution in [2.45, 2.75) is 50.9 Å². The van der Waals surface area contributed by atoms with Crippen molar-refractivity contribution >= 4 is 9.84 Å². The van der Waals surface area contributed by atoms with Crippen molar-refractivity contribution in [3.8, 4) is 5.75 Å². The lowest BCUT2D eigenvalue weighted by Gasteiger charge is -2.22. The number of sulfone groups is 1. The van der Waals surface area contributed by atoms with Crippen LogP contribution in [0.25, 0.3) is 0 Å². The molecule has 2 rings (SSSR count). The van der Waals surface area contributed by atoms with E-state index in [1.165, 1.54) is 0 Å². The van der Waals surface area contributed by atoms with Gasteiger partial charge in [0.1, 0.15) is 12.4 Å². The molecule has 0 amide bonds. The third-order valence-corrected chi connectivity index (χ3v) is 6.52. The molecule has 1 aromatic rings. The van der Waals surface area contributed by atoms with E-state index in [1.807, 2.05) is 18.2 Å². The number of benzene rings is 1. The molecule has 0 fully saturated rings. The molecule has 0 heterocycles. The summed E-state index contributed by atoms with van der Waals surface area (Å²) >= 11 is 0. The van der Waals surface area contributed by atoms with Crippen LogP contribution < -0.4 is 4.74 Å². The topological polar surface area (TPSA) is 63.6 Å². The van der Waals surface area contributed by atoms with E-state index in [0.717, 1.165) is 30.4 Å². The van der Waals surface area contributed by atoms with E-state index in [2.05, 4.69) is 0 Å². The van der Waals surface area contributed by atoms with Gasteiger partial charge in [-0.3, -0.25) is 0 Å². The van der Waals surface area contributed by atoms with Crippen LogP contribution in [0.1, 0.15) is 50.8 Å². The summed E-state index contributed by atoms with van der Waals surface area (Å²) in [5, 5.41) is 10.00. The van der Waals surface area contributed by atoms with Gasteiger partial charge >= 0.3 is 0 Å². The lowest BCUT2D eigenvalue weighted by atomic mass is 9.89. The number of hydrogen-bond acceptors (Lipinski definition) is 4. The van der Waals surface area contributed by atoms with Gasteiger partial charge in [-0.2, -0.15) is 0 Å². The highest BCUT2D eigenvalue weighted by atomic mass is 32.2. The molecule has 5 heteroatoms. The second kappa shape index (κ2) is 5.97. The number of fused-ring (bicyclic) bond motifs is 1. The summed E-state index contributed by atoms with van der Waals surface area (Å²) in [5.74, 6) is 0.620. The van der Waals surface area contributed by atoms with Gasteiger partial charge in [0.2, 0.25) is 0 Å². The first-order valence-corrected chi connectivity index (χ1v) is 9.02. The maximum absolute atomic E-state index is 12.0. The van der Waals surface area contributed by atoms with E-state index in [4.69, 9.17) is 4.74 Å². The summed E-state index contributed by atoms with van der Waals surface area (Å²) in [5.41, 5.74) is 2.07. The minimum Gasteiger partial charge on any atom is -0.493 e. The van der Waals surface area contributed by atoms with Gasteiger partial charge in [-0.25, -0.2) is 8.42 Å². The van der Waals surface area contributed by atoms with Crippen LogP contribution in [-0.4, -0.2) is 30.6 Å². The first-order valence-electron chi connectivity index (χ1n) is 7.37. The Hall–Kier alpha value is -1.07. The summed E-state index contributed by atoms with van der Waals surface area (Å²) in [4.78, 5) is 0. The van der Waals surface area contributed by atoms with Crippen molar-refractivity contribution in [3.05, 3.63) is 29.3 Å². The molecule has 118 valence electrons. The number of aryl methyl sites for hydroxylation is 1. The molecule has 0 radical (unpaired) electrons. The Kier molecular flexibility index (Phi) is 4.63. The van der Waals surface area contributed by atoms with E-state index in [9.17, 15) is 13.5 Å². The number of rotatable bonds is 4. The Balaban J connectivity index is 2.00. The van der Waals surface area contributed by atoms with Crippen LogP contribution in [0.15, 0.2) is 18.2 Å². The van der Waals surface area contributed by atoms with E-state index >= 15 is 0 Å². The zero-order chi connectivity index (χ0) is 15.7. The van der Waals surface area contributed by atoms with Crippen LogP contribution >= 0.6 is 0 Å². The molecule has 1 N–H and O–H groups in total. The monoisotopic (exact) mass is 312 g/mol. The molecular formula is C16H24O4S. The van der Waals surface area contributed by atoms with Gasteiger partial charge in [0.05, 0.1) is 16.6 Å². The molecule has 0 aromatic heterocycles. The number of aliphatic hydroxyl groups excluding tert-OH is 1. The van der Waals surface area contributed by atoms with Crippen LogP contribution in [0.5, 0.6) is 5.75 Å². The van der Waals surface area contributed by atoms with Crippen LogP contribution in [-0.2, 0) is 16.3 Å². The first-order chi connectivity index (χ1) is 9.71. The Morgan fingerprint density at radius 1 is 1.33 bits per heavy atom. The highest BCUT2D eigenvalue weighted by molar-refractivity contribution is 7.92. The van der Waals surface area contributed by atoms with Gasteiger partial charge in [-0.1, -0.05) is 6.07 Å². The molecule has 0 saturated heterocycles. The third-order valence-electron chi connectivity index (χ3n) is 3.95. The minimum atomic E-state index is -3.17. The number of ether oxygens (including phenoxy) is 1. The van der Waals surface area contributed by atoms with Crippen molar-refractivity contribution in [2.24, 2.45) is 0 Å². The van der Waals surface area contributed by atoms with Crippen molar-refractivity contribution in [3.63, 3.8) is 0 Å². The minimum absolute atomic E-state index is 0.00383. The summed E-state index contributed by atoms with van der Waals surface area (Å²) in [7, 11) is -3.17. The SMILES string of the molecule is CC(C)(C)S(=O)(=O)CCOc1ccc2c(c1)[C@H](O)CCC2. The Morgan fingerprint density at radius 2 is 2.05 bits per heavy atom. The standard InChI is InChI=1S/C16H24O4S/c1-16(2,3)21(18,19)10-9-20-13-8-7-12-5-4-6-15(17)14(12)11-13/h7-8,11,15,17H,4-6,9-10H2,1-3H3/t15-/m1/s1. The molecule has 0 bridgehead atoms. The van der Waals surface area contributed by atoms with Gasteiger partial charge in [0, 0.05) is 0 Å². The van der Waals surface area contributed by atoms with Gasteiger partial charge < -0.3 is 9.84 Å². The van der Waals surface area contributed by atoms with Gasteiger partial charge in [-0.05, 0) is 63.3 Å². The molecular weight excluding hydrogens is 288 g/mol. The Bertz CT molecular complexity index is 599. The molecule has 1 aromatic carbocycles. The Labute approximate surface area is 127 Å². The van der Waals surface area contributed by atoms with Gasteiger partial charge in [0.25, 0.3) is 0 Å². The van der Waals surface area contributed by atoms with Crippen molar-refractivity contribution < 1.29 is 18.3 Å². The fourth-order valence-electron chi connectivity index (χ4n) is 2.42. The second-order valence-corrected chi connectivity index (χ2v) is 9.41. The molecule has 0 unspecified atom stereocenters. The lowest BCUT2D eigenvalue weighted by Crippen LogP contribution is -2.32. The highest BCUT2D eigenvalue weighted by Crippen LogP contribution is 2.32. The maximum atomic E-state index is 12.0. The summed E-state index contributed by atoms with van der Waals surface area (Å²) in [6, 6.07) is 5.65. The average molecular weight is 312 g/mol. The van der Waals surface area contributed by atoms with Crippen LogP contribution in [0.4, 0.5) is 0 Å². The average Bonchev–Trinajstić information content (AvgIpc) is 2.38. The summed E-state index contributed by atoms with van der Waals surface area (Å²) in [6.07, 6.45) is 2.31. The molecule has 1 atom stereocenters. The Morgan fingerprint density at radius 3 is 2.71 bits per heavy atom. The molecule has 4 nitrogen and oxygen atoms in total. The third kappa shape index (κ3) is 3.77. The molecule has 0 spiro atoms. The molecule has 1 aliphatic carbocycles. The second-order valence-electron chi connectivity index (χ2n) is 6.55. The highest BCUT2D eigenvalue weighted by Gasteiger charge is 2.28. The van der Waals surface area contributed by atoms with Crippen molar-refractivity contribution in [1.29, 1.82) is 0 Å². The largest absolute Gasteiger partial charge is 0.493 e. The molecule has 0 saturated carbocycles. The predicted molar refractivity (Wildman–Crippen MR) is 83.4 cm³/mol. The normalized spacial score (nSPS) is 19.1. The fourth-order valence-corrected chi connectivity index (χ4v) is 3.33. The zero-order valence-corrected chi connectivity index (χ0v) is 13.7. The summed E-state index contributed by atoms with van der Waals surface area (Å²) < 4.78 is 28.8. The zero-order valence-electron chi connectivity index (χ0n) is 12.9. The maximum Gasteiger partial charge on any atom is 0.158 e. The smallest absolute Gasteiger partial charge is 0.158 e.